The zero-order chi connectivity index (χ0) is 16.6. The molecule has 0 amide bonds. The minimum atomic E-state index is -2.84. The van der Waals surface area contributed by atoms with Gasteiger partial charge in [0.05, 0.1) is 17.3 Å². The van der Waals surface area contributed by atoms with E-state index < -0.39 is 23.8 Å². The number of fused-ring (bicyclic) bond motifs is 1. The van der Waals surface area contributed by atoms with Gasteiger partial charge in [-0.15, -0.1) is 12.4 Å². The van der Waals surface area contributed by atoms with Gasteiger partial charge < -0.3 is 10.6 Å². The molecule has 2 heterocycles. The zero-order valence-corrected chi connectivity index (χ0v) is 14.1. The first-order valence-corrected chi connectivity index (χ1v) is 7.37. The lowest BCUT2D eigenvalue weighted by Gasteiger charge is -2.19. The van der Waals surface area contributed by atoms with Gasteiger partial charge >= 0.3 is 0 Å². The maximum absolute atomic E-state index is 14.3. The van der Waals surface area contributed by atoms with Gasteiger partial charge in [-0.25, -0.2) is 23.1 Å². The van der Waals surface area contributed by atoms with Crippen LogP contribution in [0.1, 0.15) is 47.6 Å². The van der Waals surface area contributed by atoms with E-state index in [-0.39, 0.29) is 18.0 Å². The smallest absolute Gasteiger partial charge is 0.266 e. The molecule has 0 saturated carbocycles. The van der Waals surface area contributed by atoms with E-state index in [1.807, 2.05) is 0 Å². The molecule has 130 valence electrons. The summed E-state index contributed by atoms with van der Waals surface area (Å²) >= 11 is 0. The summed E-state index contributed by atoms with van der Waals surface area (Å²) in [7, 11) is 0. The standard InChI is InChI=1S/C16H17F3N4.ClH/c1-8(10-4-3-5-11(14(10)17)15(18)19)21-16-12-6-20-7-13(12)22-9(2)23-16;/h3-5,8,15,20H,6-7H2,1-2H3,(H,21,22,23);1H/t8-;/m1./s1. The average Bonchev–Trinajstić information content (AvgIpc) is 2.95. The highest BCUT2D eigenvalue weighted by Gasteiger charge is 2.22. The van der Waals surface area contributed by atoms with E-state index in [0.717, 1.165) is 17.3 Å². The monoisotopic (exact) mass is 358 g/mol. The fourth-order valence-corrected chi connectivity index (χ4v) is 2.77. The largest absolute Gasteiger partial charge is 0.363 e. The van der Waals surface area contributed by atoms with Crippen LogP contribution in [0.25, 0.3) is 0 Å². The van der Waals surface area contributed by atoms with Crippen LogP contribution in [0.5, 0.6) is 0 Å². The van der Waals surface area contributed by atoms with E-state index in [4.69, 9.17) is 0 Å². The lowest BCUT2D eigenvalue weighted by Crippen LogP contribution is -2.14. The Morgan fingerprint density at radius 1 is 1.17 bits per heavy atom. The van der Waals surface area contributed by atoms with Crippen molar-refractivity contribution in [1.82, 2.24) is 15.3 Å². The van der Waals surface area contributed by atoms with Gasteiger partial charge in [-0.05, 0) is 13.8 Å². The molecule has 0 aliphatic carbocycles. The minimum Gasteiger partial charge on any atom is -0.363 e. The highest BCUT2D eigenvalue weighted by molar-refractivity contribution is 5.85. The Morgan fingerprint density at radius 2 is 1.88 bits per heavy atom. The number of hydrogen-bond donors (Lipinski definition) is 2. The van der Waals surface area contributed by atoms with Crippen molar-refractivity contribution >= 4 is 18.2 Å². The molecule has 2 aromatic rings. The highest BCUT2D eigenvalue weighted by Crippen LogP contribution is 2.30. The molecule has 8 heteroatoms. The van der Waals surface area contributed by atoms with Gasteiger partial charge in [-0.2, -0.15) is 0 Å². The van der Waals surface area contributed by atoms with Gasteiger partial charge in [0.1, 0.15) is 17.5 Å². The van der Waals surface area contributed by atoms with Crippen molar-refractivity contribution in [3.63, 3.8) is 0 Å². The minimum absolute atomic E-state index is 0. The van der Waals surface area contributed by atoms with Crippen LogP contribution in [0, 0.1) is 12.7 Å². The second kappa shape index (κ2) is 7.36. The third-order valence-electron chi connectivity index (χ3n) is 3.91. The number of aryl methyl sites for hydroxylation is 1. The van der Waals surface area contributed by atoms with Crippen molar-refractivity contribution in [2.45, 2.75) is 39.4 Å². The van der Waals surface area contributed by atoms with Gasteiger partial charge in [-0.3, -0.25) is 0 Å². The predicted molar refractivity (Wildman–Crippen MR) is 88.0 cm³/mol. The van der Waals surface area contributed by atoms with E-state index in [2.05, 4.69) is 20.6 Å². The summed E-state index contributed by atoms with van der Waals surface area (Å²) in [6, 6.07) is 3.56. The first kappa shape index (κ1) is 18.5. The van der Waals surface area contributed by atoms with Gasteiger partial charge in [0.15, 0.2) is 0 Å². The molecule has 0 unspecified atom stereocenters. The molecule has 1 aliphatic heterocycles. The summed E-state index contributed by atoms with van der Waals surface area (Å²) in [5.41, 5.74) is 1.46. The van der Waals surface area contributed by atoms with E-state index in [0.29, 0.717) is 24.7 Å². The highest BCUT2D eigenvalue weighted by atomic mass is 35.5. The number of halogens is 4. The number of rotatable bonds is 4. The van der Waals surface area contributed by atoms with Crippen LogP contribution in [0.2, 0.25) is 0 Å². The number of nitrogens with one attached hydrogen (secondary N) is 2. The number of benzene rings is 1. The molecule has 0 spiro atoms. The maximum Gasteiger partial charge on any atom is 0.266 e. The summed E-state index contributed by atoms with van der Waals surface area (Å²) in [5.74, 6) is 0.360. The summed E-state index contributed by atoms with van der Waals surface area (Å²) in [5, 5.41) is 6.32. The first-order chi connectivity index (χ1) is 11.0. The van der Waals surface area contributed by atoms with Crippen LogP contribution in [0.4, 0.5) is 19.0 Å². The Hall–Kier alpha value is -1.86. The third kappa shape index (κ3) is 3.47. The summed E-state index contributed by atoms with van der Waals surface area (Å²) in [6.45, 7) is 4.80. The van der Waals surface area contributed by atoms with Crippen molar-refractivity contribution in [2.75, 3.05) is 5.32 Å². The molecule has 1 aromatic heterocycles. The number of nitrogens with zero attached hydrogens (tertiary/aromatic N) is 2. The Labute approximate surface area is 144 Å². The first-order valence-electron chi connectivity index (χ1n) is 7.37. The molecule has 1 atom stereocenters. The topological polar surface area (TPSA) is 49.8 Å². The number of aromatic nitrogens is 2. The molecule has 0 fully saturated rings. The van der Waals surface area contributed by atoms with Crippen molar-refractivity contribution in [1.29, 1.82) is 0 Å². The van der Waals surface area contributed by atoms with Crippen molar-refractivity contribution < 1.29 is 13.2 Å². The van der Waals surface area contributed by atoms with Crippen LogP contribution in [0.15, 0.2) is 18.2 Å². The Bertz CT molecular complexity index is 740. The molecule has 0 radical (unpaired) electrons. The fourth-order valence-electron chi connectivity index (χ4n) is 2.77. The van der Waals surface area contributed by atoms with Crippen molar-refractivity contribution in [2.24, 2.45) is 0 Å². The molecule has 0 bridgehead atoms. The molecule has 0 saturated heterocycles. The van der Waals surface area contributed by atoms with E-state index >= 15 is 0 Å². The molecule has 1 aliphatic rings. The van der Waals surface area contributed by atoms with Crippen LogP contribution >= 0.6 is 12.4 Å². The van der Waals surface area contributed by atoms with Crippen LogP contribution in [0.3, 0.4) is 0 Å². The molecule has 4 nitrogen and oxygen atoms in total. The molecule has 1 aromatic carbocycles. The zero-order valence-electron chi connectivity index (χ0n) is 13.2. The van der Waals surface area contributed by atoms with Crippen LogP contribution in [-0.2, 0) is 13.1 Å². The molecule has 3 rings (SSSR count). The van der Waals surface area contributed by atoms with E-state index in [1.54, 1.807) is 13.8 Å². The van der Waals surface area contributed by atoms with Crippen LogP contribution in [-0.4, -0.2) is 9.97 Å². The summed E-state index contributed by atoms with van der Waals surface area (Å²) < 4.78 is 39.9. The lowest BCUT2D eigenvalue weighted by atomic mass is 10.0. The van der Waals surface area contributed by atoms with Crippen LogP contribution < -0.4 is 10.6 Å². The second-order valence-electron chi connectivity index (χ2n) is 5.57. The van der Waals surface area contributed by atoms with Gasteiger partial charge in [-0.1, -0.05) is 18.2 Å². The Morgan fingerprint density at radius 3 is 2.58 bits per heavy atom. The lowest BCUT2D eigenvalue weighted by molar-refractivity contribution is 0.146. The molecular formula is C16H18ClF3N4. The van der Waals surface area contributed by atoms with Gasteiger partial charge in [0.2, 0.25) is 0 Å². The van der Waals surface area contributed by atoms with Crippen molar-refractivity contribution in [3.05, 3.63) is 52.2 Å². The number of hydrogen-bond acceptors (Lipinski definition) is 4. The fraction of sp³-hybridized carbons (Fsp3) is 0.375. The summed E-state index contributed by atoms with van der Waals surface area (Å²) in [6.07, 6.45) is -2.84. The second-order valence-corrected chi connectivity index (χ2v) is 5.57. The maximum atomic E-state index is 14.3. The van der Waals surface area contributed by atoms with Gasteiger partial charge in [0.25, 0.3) is 6.43 Å². The summed E-state index contributed by atoms with van der Waals surface area (Å²) in [4.78, 5) is 8.73. The van der Waals surface area contributed by atoms with Gasteiger partial charge in [0, 0.05) is 24.2 Å². The Balaban J connectivity index is 0.00000208. The molecule has 2 N–H and O–H groups in total. The number of anilines is 1. The average molecular weight is 359 g/mol. The predicted octanol–water partition coefficient (Wildman–Crippen LogP) is 4.06. The Kier molecular flexibility index (Phi) is 5.66. The third-order valence-corrected chi connectivity index (χ3v) is 3.91. The SMILES string of the molecule is Cc1nc2c(c(N[C@H](C)c3cccc(C(F)F)c3F)n1)CNC2.Cl. The van der Waals surface area contributed by atoms with E-state index in [9.17, 15) is 13.2 Å². The van der Waals surface area contributed by atoms with Crippen molar-refractivity contribution in [3.8, 4) is 0 Å². The quantitative estimate of drug-likeness (QED) is 0.865. The normalized spacial score (nSPS) is 14.2. The van der Waals surface area contributed by atoms with E-state index in [1.165, 1.54) is 12.1 Å². The number of alkyl halides is 2. The molecule has 24 heavy (non-hydrogen) atoms. The molecular weight excluding hydrogens is 341 g/mol.